The zero-order chi connectivity index (χ0) is 18.4. The number of ether oxygens (including phenoxy) is 3. The van der Waals surface area contributed by atoms with Crippen molar-refractivity contribution in [2.45, 2.75) is 38.9 Å². The van der Waals surface area contributed by atoms with Gasteiger partial charge in [-0.3, -0.25) is 0 Å². The van der Waals surface area contributed by atoms with Gasteiger partial charge in [-0.2, -0.15) is 0 Å². The van der Waals surface area contributed by atoms with E-state index in [1.807, 2.05) is 52.0 Å². The van der Waals surface area contributed by atoms with E-state index < -0.39 is 18.3 Å². The van der Waals surface area contributed by atoms with Crippen LogP contribution in [0.25, 0.3) is 10.8 Å². The van der Waals surface area contributed by atoms with Gasteiger partial charge in [-0.15, -0.1) is 0 Å². The average Bonchev–Trinajstić information content (AvgIpc) is 2.80. The summed E-state index contributed by atoms with van der Waals surface area (Å²) in [4.78, 5) is 0. The molecule has 25 heavy (non-hydrogen) atoms. The van der Waals surface area contributed by atoms with Crippen LogP contribution in [0.2, 0.25) is 0 Å². The summed E-state index contributed by atoms with van der Waals surface area (Å²) in [5.74, 6) is 2.15. The molecule has 3 rings (SSSR count). The molecule has 1 saturated heterocycles. The smallest absolute Gasteiger partial charge is 0.495 e. The van der Waals surface area contributed by atoms with Crippen LogP contribution in [0.5, 0.6) is 17.2 Å². The Labute approximate surface area is 149 Å². The fourth-order valence-electron chi connectivity index (χ4n) is 3.10. The number of hydrogen-bond donors (Lipinski definition) is 0. The molecule has 0 amide bonds. The van der Waals surface area contributed by atoms with Crippen molar-refractivity contribution in [3.05, 3.63) is 24.3 Å². The summed E-state index contributed by atoms with van der Waals surface area (Å²) < 4.78 is 29.2. The van der Waals surface area contributed by atoms with Crippen molar-refractivity contribution in [3.63, 3.8) is 0 Å². The number of rotatable bonds is 4. The molecule has 0 spiro atoms. The number of hydrogen-bond acceptors (Lipinski definition) is 5. The molecule has 0 aromatic heterocycles. The van der Waals surface area contributed by atoms with Crippen LogP contribution in [-0.2, 0) is 9.31 Å². The second-order valence-electron chi connectivity index (χ2n) is 7.17. The molecule has 0 unspecified atom stereocenters. The summed E-state index contributed by atoms with van der Waals surface area (Å²) in [7, 11) is 4.43. The van der Waals surface area contributed by atoms with Crippen molar-refractivity contribution in [3.8, 4) is 17.2 Å². The van der Waals surface area contributed by atoms with Gasteiger partial charge in [-0.05, 0) is 51.4 Å². The van der Waals surface area contributed by atoms with Crippen molar-refractivity contribution in [2.24, 2.45) is 0 Å². The molecule has 6 heteroatoms. The fourth-order valence-corrected chi connectivity index (χ4v) is 3.10. The molecule has 1 aliphatic heterocycles. The Morgan fingerprint density at radius 2 is 1.08 bits per heavy atom. The second-order valence-corrected chi connectivity index (χ2v) is 7.17. The molecule has 0 bridgehead atoms. The molecule has 1 heterocycles. The van der Waals surface area contributed by atoms with Crippen molar-refractivity contribution in [1.29, 1.82) is 0 Å². The molecule has 134 valence electrons. The first-order valence-electron chi connectivity index (χ1n) is 8.33. The van der Waals surface area contributed by atoms with Gasteiger partial charge in [0.05, 0.1) is 37.9 Å². The maximum absolute atomic E-state index is 6.25. The van der Waals surface area contributed by atoms with E-state index in [1.165, 1.54) is 0 Å². The molecule has 0 N–H and O–H groups in total. The Kier molecular flexibility index (Phi) is 4.37. The van der Waals surface area contributed by atoms with Gasteiger partial charge in [0, 0.05) is 5.39 Å². The minimum atomic E-state index is -0.501. The summed E-state index contributed by atoms with van der Waals surface area (Å²) in [5.41, 5.74) is 0.0525. The lowest BCUT2D eigenvalue weighted by Crippen LogP contribution is -2.41. The Bertz CT molecular complexity index is 774. The largest absolute Gasteiger partial charge is 0.496 e. The van der Waals surface area contributed by atoms with E-state index in [0.29, 0.717) is 11.5 Å². The molecule has 2 aromatic carbocycles. The minimum absolute atomic E-state index is 0.421. The van der Waals surface area contributed by atoms with Gasteiger partial charge in [0.2, 0.25) is 0 Å². The molecular formula is C19H25BO5. The normalized spacial score (nSPS) is 18.4. The first kappa shape index (κ1) is 17.9. The molecule has 0 aliphatic carbocycles. The summed E-state index contributed by atoms with van der Waals surface area (Å²) in [6, 6.07) is 7.63. The van der Waals surface area contributed by atoms with Crippen molar-refractivity contribution in [2.75, 3.05) is 21.3 Å². The van der Waals surface area contributed by atoms with Crippen LogP contribution >= 0.6 is 0 Å². The van der Waals surface area contributed by atoms with Crippen LogP contribution < -0.4 is 19.7 Å². The van der Waals surface area contributed by atoms with Crippen molar-refractivity contribution in [1.82, 2.24) is 0 Å². The van der Waals surface area contributed by atoms with Crippen molar-refractivity contribution >= 4 is 23.4 Å². The Balaban J connectivity index is 2.27. The Morgan fingerprint density at radius 3 is 1.52 bits per heavy atom. The summed E-state index contributed by atoms with van der Waals surface area (Å²) in [6.45, 7) is 8.15. The second kappa shape index (κ2) is 6.11. The van der Waals surface area contributed by atoms with Crippen LogP contribution in [0.3, 0.4) is 0 Å². The van der Waals surface area contributed by atoms with Crippen molar-refractivity contribution < 1.29 is 23.5 Å². The van der Waals surface area contributed by atoms with E-state index in [9.17, 15) is 0 Å². The predicted octanol–water partition coefficient (Wildman–Crippen LogP) is 3.16. The van der Waals surface area contributed by atoms with Crippen LogP contribution in [0.15, 0.2) is 24.3 Å². The van der Waals surface area contributed by atoms with Gasteiger partial charge in [0.25, 0.3) is 0 Å². The third-order valence-corrected chi connectivity index (χ3v) is 5.25. The lowest BCUT2D eigenvalue weighted by molar-refractivity contribution is 0.00578. The van der Waals surface area contributed by atoms with E-state index in [1.54, 1.807) is 21.3 Å². The average molecular weight is 344 g/mol. The van der Waals surface area contributed by atoms with E-state index >= 15 is 0 Å². The standard InChI is InChI=1S/C19H25BO5/c1-18(2)19(3,4)25-20(24-18)12-8-9-14(22-6)17-15(23-7)11-10-13(21-5)16(12)17/h8-11H,1-7H3. The van der Waals surface area contributed by atoms with Gasteiger partial charge in [-0.25, -0.2) is 0 Å². The van der Waals surface area contributed by atoms with Crippen LogP contribution in [-0.4, -0.2) is 39.6 Å². The monoisotopic (exact) mass is 344 g/mol. The first-order chi connectivity index (χ1) is 11.8. The third kappa shape index (κ3) is 2.73. The van der Waals surface area contributed by atoms with Crippen LogP contribution in [0, 0.1) is 0 Å². The lowest BCUT2D eigenvalue weighted by atomic mass is 9.75. The quantitative estimate of drug-likeness (QED) is 0.798. The highest BCUT2D eigenvalue weighted by atomic mass is 16.7. The molecule has 1 aliphatic rings. The SMILES string of the molecule is COc1ccc(OC)c2c(B3OC(C)(C)C(C)(C)O3)ccc(OC)c12. The third-order valence-electron chi connectivity index (χ3n) is 5.25. The molecule has 2 aromatic rings. The lowest BCUT2D eigenvalue weighted by Gasteiger charge is -2.32. The molecule has 0 radical (unpaired) electrons. The van der Waals surface area contributed by atoms with E-state index in [2.05, 4.69) is 0 Å². The zero-order valence-electron chi connectivity index (χ0n) is 15.9. The first-order valence-corrected chi connectivity index (χ1v) is 8.33. The number of methoxy groups -OCH3 is 3. The maximum Gasteiger partial charge on any atom is 0.495 e. The topological polar surface area (TPSA) is 46.2 Å². The molecule has 0 atom stereocenters. The number of fused-ring (bicyclic) bond motifs is 1. The zero-order valence-corrected chi connectivity index (χ0v) is 15.9. The summed E-state index contributed by atoms with van der Waals surface area (Å²) in [5, 5.41) is 1.72. The maximum atomic E-state index is 6.25. The molecular weight excluding hydrogens is 319 g/mol. The van der Waals surface area contributed by atoms with Gasteiger partial charge in [-0.1, -0.05) is 6.07 Å². The Morgan fingerprint density at radius 1 is 0.680 bits per heavy atom. The van der Waals surface area contributed by atoms with Crippen LogP contribution in [0.4, 0.5) is 0 Å². The van der Waals surface area contributed by atoms with Crippen LogP contribution in [0.1, 0.15) is 27.7 Å². The summed E-state index contributed by atoms with van der Waals surface area (Å²) >= 11 is 0. The molecule has 1 fully saturated rings. The highest BCUT2D eigenvalue weighted by Gasteiger charge is 2.52. The van der Waals surface area contributed by atoms with Gasteiger partial charge < -0.3 is 23.5 Å². The highest BCUT2D eigenvalue weighted by molar-refractivity contribution is 6.65. The van der Waals surface area contributed by atoms with Gasteiger partial charge >= 0.3 is 7.12 Å². The molecule has 0 saturated carbocycles. The highest BCUT2D eigenvalue weighted by Crippen LogP contribution is 2.41. The summed E-state index contributed by atoms with van der Waals surface area (Å²) in [6.07, 6.45) is 0. The molecule has 5 nitrogen and oxygen atoms in total. The predicted molar refractivity (Wildman–Crippen MR) is 99.3 cm³/mol. The minimum Gasteiger partial charge on any atom is -0.496 e. The van der Waals surface area contributed by atoms with Gasteiger partial charge in [0.15, 0.2) is 0 Å². The number of benzene rings is 2. The fraction of sp³-hybridized carbons (Fsp3) is 0.474. The van der Waals surface area contributed by atoms with E-state index in [0.717, 1.165) is 22.0 Å². The van der Waals surface area contributed by atoms with Gasteiger partial charge in [0.1, 0.15) is 17.2 Å². The van der Waals surface area contributed by atoms with E-state index in [4.69, 9.17) is 23.5 Å². The van der Waals surface area contributed by atoms with E-state index in [-0.39, 0.29) is 0 Å². The Hall–Kier alpha value is -1.92.